The van der Waals surface area contributed by atoms with Crippen molar-refractivity contribution in [2.45, 2.75) is 26.4 Å². The molecule has 0 aromatic heterocycles. The van der Waals surface area contributed by atoms with E-state index in [-0.39, 0.29) is 0 Å². The van der Waals surface area contributed by atoms with E-state index >= 15 is 0 Å². The van der Waals surface area contributed by atoms with Gasteiger partial charge in [-0.1, -0.05) is 35.8 Å². The summed E-state index contributed by atoms with van der Waals surface area (Å²) in [4.78, 5) is 2.33. The summed E-state index contributed by atoms with van der Waals surface area (Å²) in [5.74, 6) is 1.15. The van der Waals surface area contributed by atoms with Crippen LogP contribution in [-0.2, 0) is 6.54 Å². The number of rotatable bonds is 7. The molecule has 0 aliphatic rings. The van der Waals surface area contributed by atoms with Gasteiger partial charge in [0.25, 0.3) is 0 Å². The fourth-order valence-electron chi connectivity index (χ4n) is 1.70. The molecule has 0 aliphatic carbocycles. The number of anilines is 1. The monoisotopic (exact) mass is 330 g/mol. The first-order valence-electron chi connectivity index (χ1n) is 6.26. The summed E-state index contributed by atoms with van der Waals surface area (Å²) in [7, 11) is 2.16. The van der Waals surface area contributed by atoms with E-state index in [1.54, 1.807) is 0 Å². The van der Waals surface area contributed by atoms with Crippen molar-refractivity contribution >= 4 is 33.4 Å². The first kappa shape index (κ1) is 15.9. The number of benzene rings is 1. The van der Waals surface area contributed by atoms with E-state index < -0.39 is 0 Å². The molecule has 1 rings (SSSR count). The Kier molecular flexibility index (Phi) is 7.12. The van der Waals surface area contributed by atoms with Crippen molar-refractivity contribution < 1.29 is 0 Å². The van der Waals surface area contributed by atoms with Gasteiger partial charge in [-0.25, -0.2) is 0 Å². The van der Waals surface area contributed by atoms with Crippen LogP contribution in [0.3, 0.4) is 0 Å². The Morgan fingerprint density at radius 2 is 2.11 bits per heavy atom. The van der Waals surface area contributed by atoms with Gasteiger partial charge in [-0.15, -0.1) is 0 Å². The number of nitrogens with one attached hydrogen (secondary N) is 1. The lowest BCUT2D eigenvalue weighted by Gasteiger charge is -2.23. The van der Waals surface area contributed by atoms with Crippen LogP contribution in [0, 0.1) is 0 Å². The Hall–Kier alpha value is -0.190. The van der Waals surface area contributed by atoms with Gasteiger partial charge in [0, 0.05) is 42.1 Å². The molecule has 0 saturated heterocycles. The zero-order valence-corrected chi connectivity index (χ0v) is 14.1. The van der Waals surface area contributed by atoms with Gasteiger partial charge in [0.1, 0.15) is 0 Å². The SMILES string of the molecule is CSCCN(C)c1cc(Br)ccc1CNC(C)C. The molecule has 0 spiro atoms. The predicted octanol–water partition coefficient (Wildman–Crippen LogP) is 3.75. The minimum atomic E-state index is 0.512. The molecule has 0 atom stereocenters. The number of thioether (sulfide) groups is 1. The van der Waals surface area contributed by atoms with Gasteiger partial charge in [0.05, 0.1) is 0 Å². The number of hydrogen-bond acceptors (Lipinski definition) is 3. The molecule has 0 fully saturated rings. The summed E-state index contributed by atoms with van der Waals surface area (Å²) in [5.41, 5.74) is 2.67. The largest absolute Gasteiger partial charge is 0.373 e. The first-order chi connectivity index (χ1) is 8.54. The lowest BCUT2D eigenvalue weighted by molar-refractivity contribution is 0.588. The summed E-state index contributed by atoms with van der Waals surface area (Å²) in [6, 6.07) is 7.03. The molecule has 0 amide bonds. The molecule has 0 saturated carbocycles. The highest BCUT2D eigenvalue weighted by atomic mass is 79.9. The molecule has 0 aliphatic heterocycles. The molecule has 0 heterocycles. The van der Waals surface area contributed by atoms with E-state index in [2.05, 4.69) is 71.5 Å². The Bertz CT molecular complexity index is 369. The highest BCUT2D eigenvalue weighted by molar-refractivity contribution is 9.10. The van der Waals surface area contributed by atoms with E-state index in [1.165, 1.54) is 11.3 Å². The zero-order chi connectivity index (χ0) is 13.5. The molecule has 4 heteroatoms. The molecule has 102 valence electrons. The molecule has 2 nitrogen and oxygen atoms in total. The number of nitrogens with zero attached hydrogens (tertiary/aromatic N) is 1. The van der Waals surface area contributed by atoms with Gasteiger partial charge >= 0.3 is 0 Å². The fraction of sp³-hybridized carbons (Fsp3) is 0.571. The van der Waals surface area contributed by atoms with Gasteiger partial charge in [-0.05, 0) is 24.0 Å². The van der Waals surface area contributed by atoms with E-state index in [1.807, 2.05) is 11.8 Å². The van der Waals surface area contributed by atoms with Crippen LogP contribution >= 0.6 is 27.7 Å². The molecule has 0 unspecified atom stereocenters. The van der Waals surface area contributed by atoms with Crippen LogP contribution in [0.15, 0.2) is 22.7 Å². The highest BCUT2D eigenvalue weighted by Gasteiger charge is 2.08. The van der Waals surface area contributed by atoms with Gasteiger partial charge in [0.15, 0.2) is 0 Å². The Labute approximate surface area is 124 Å². The Morgan fingerprint density at radius 1 is 1.39 bits per heavy atom. The Balaban J connectivity index is 2.81. The highest BCUT2D eigenvalue weighted by Crippen LogP contribution is 2.24. The van der Waals surface area contributed by atoms with E-state index in [9.17, 15) is 0 Å². The smallest absolute Gasteiger partial charge is 0.0420 e. The van der Waals surface area contributed by atoms with Gasteiger partial charge < -0.3 is 10.2 Å². The molecular weight excluding hydrogens is 308 g/mol. The average Bonchev–Trinajstić information content (AvgIpc) is 2.34. The van der Waals surface area contributed by atoms with Crippen LogP contribution in [0.4, 0.5) is 5.69 Å². The zero-order valence-electron chi connectivity index (χ0n) is 11.7. The van der Waals surface area contributed by atoms with E-state index in [0.717, 1.165) is 23.3 Å². The van der Waals surface area contributed by atoms with Crippen molar-refractivity contribution in [3.8, 4) is 0 Å². The quantitative estimate of drug-likeness (QED) is 0.819. The minimum absolute atomic E-state index is 0.512. The minimum Gasteiger partial charge on any atom is -0.373 e. The molecular formula is C14H23BrN2S. The third kappa shape index (κ3) is 5.21. The second-order valence-corrected chi connectivity index (χ2v) is 6.62. The van der Waals surface area contributed by atoms with Crippen molar-refractivity contribution in [3.63, 3.8) is 0 Å². The molecule has 18 heavy (non-hydrogen) atoms. The summed E-state index contributed by atoms with van der Waals surface area (Å²) in [6.07, 6.45) is 2.15. The van der Waals surface area contributed by atoms with E-state index in [4.69, 9.17) is 0 Å². The van der Waals surface area contributed by atoms with Crippen molar-refractivity contribution in [3.05, 3.63) is 28.2 Å². The third-order valence-corrected chi connectivity index (χ3v) is 3.87. The lowest BCUT2D eigenvalue weighted by atomic mass is 10.1. The maximum atomic E-state index is 3.56. The maximum Gasteiger partial charge on any atom is 0.0420 e. The topological polar surface area (TPSA) is 15.3 Å². The molecule has 1 N–H and O–H groups in total. The first-order valence-corrected chi connectivity index (χ1v) is 8.45. The van der Waals surface area contributed by atoms with Crippen LogP contribution in [0.5, 0.6) is 0 Å². The predicted molar refractivity (Wildman–Crippen MR) is 87.8 cm³/mol. The summed E-state index contributed by atoms with van der Waals surface area (Å²) < 4.78 is 1.14. The van der Waals surface area contributed by atoms with Crippen LogP contribution in [-0.4, -0.2) is 31.6 Å². The standard InChI is InChI=1S/C14H23BrN2S/c1-11(2)16-10-12-5-6-13(15)9-14(12)17(3)7-8-18-4/h5-6,9,11,16H,7-8,10H2,1-4H3. The molecule has 1 aromatic rings. The molecule has 1 aromatic carbocycles. The summed E-state index contributed by atoms with van der Waals surface area (Å²) in [6.45, 7) is 6.35. The van der Waals surface area contributed by atoms with Crippen molar-refractivity contribution in [1.82, 2.24) is 5.32 Å². The second-order valence-electron chi connectivity index (χ2n) is 4.72. The normalized spacial score (nSPS) is 11.0. The third-order valence-electron chi connectivity index (χ3n) is 2.79. The fourth-order valence-corrected chi connectivity index (χ4v) is 2.51. The van der Waals surface area contributed by atoms with Crippen LogP contribution in [0.25, 0.3) is 0 Å². The van der Waals surface area contributed by atoms with Crippen molar-refractivity contribution in [1.29, 1.82) is 0 Å². The van der Waals surface area contributed by atoms with E-state index in [0.29, 0.717) is 6.04 Å². The molecule has 0 bridgehead atoms. The van der Waals surface area contributed by atoms with Crippen LogP contribution < -0.4 is 10.2 Å². The van der Waals surface area contributed by atoms with Crippen LogP contribution in [0.1, 0.15) is 19.4 Å². The second kappa shape index (κ2) is 8.08. The maximum absolute atomic E-state index is 3.56. The molecule has 0 radical (unpaired) electrons. The van der Waals surface area contributed by atoms with Gasteiger partial charge in [0.2, 0.25) is 0 Å². The van der Waals surface area contributed by atoms with Gasteiger partial charge in [-0.3, -0.25) is 0 Å². The average molecular weight is 331 g/mol. The number of hydrogen-bond donors (Lipinski definition) is 1. The Morgan fingerprint density at radius 3 is 2.72 bits per heavy atom. The number of halogens is 1. The van der Waals surface area contributed by atoms with Crippen molar-refractivity contribution in [2.24, 2.45) is 0 Å². The summed E-state index contributed by atoms with van der Waals surface area (Å²) in [5, 5.41) is 3.49. The van der Waals surface area contributed by atoms with Crippen LogP contribution in [0.2, 0.25) is 0 Å². The van der Waals surface area contributed by atoms with Crippen molar-refractivity contribution in [2.75, 3.05) is 30.5 Å². The summed E-state index contributed by atoms with van der Waals surface area (Å²) >= 11 is 5.44. The lowest BCUT2D eigenvalue weighted by Crippen LogP contribution is -2.26. The van der Waals surface area contributed by atoms with Gasteiger partial charge in [-0.2, -0.15) is 11.8 Å².